The van der Waals surface area contributed by atoms with Crippen LogP contribution in [0.1, 0.15) is 30.0 Å². The van der Waals surface area contributed by atoms with E-state index in [2.05, 4.69) is 36.2 Å². The van der Waals surface area contributed by atoms with E-state index in [-0.39, 0.29) is 25.0 Å². The Bertz CT molecular complexity index is 2640. The zero-order valence-electron chi connectivity index (χ0n) is 34.3. The largest absolute Gasteiger partial charge is 0.508 e. The minimum absolute atomic E-state index is 0.0142. The molecule has 1 aliphatic heterocycles. The number of hydrogen-bond donors (Lipinski definition) is 12. The van der Waals surface area contributed by atoms with Crippen LogP contribution in [-0.4, -0.2) is 129 Å². The molecule has 2 aromatic carbocycles. The maximum absolute atomic E-state index is 14.2. The SMILES string of the molecule is C[C@@H]([C@H](NC(=O)[C@H](Cc1cnc[nH]1)NC(=O)N[C@@H](Cc1c[nH]c2ccccc12)C(=O)O)C(=O)N/C=C1\O[C@@H](n2ccc(=O)[nH]c2=O)[C@H](O)[C@@H]1O)N(C)C(=O)[C@@H](N)Cc1cccc(O)c1. The Hall–Kier alpha value is -7.76. The molecule has 5 aromatic rings. The Balaban J connectivity index is 1.24. The second-order valence-electron chi connectivity index (χ2n) is 15.1. The lowest BCUT2D eigenvalue weighted by Crippen LogP contribution is -2.62. The van der Waals surface area contributed by atoms with Crippen molar-refractivity contribution in [1.29, 1.82) is 0 Å². The number of rotatable bonds is 17. The van der Waals surface area contributed by atoms with Gasteiger partial charge in [-0.25, -0.2) is 19.4 Å². The van der Waals surface area contributed by atoms with Gasteiger partial charge in [-0.15, -0.1) is 0 Å². The Morgan fingerprint density at radius 1 is 0.969 bits per heavy atom. The molecule has 3 aromatic heterocycles. The maximum Gasteiger partial charge on any atom is 0.331 e. The molecule has 1 saturated heterocycles. The number of carbonyl (C=O) groups is 5. The lowest BCUT2D eigenvalue weighted by atomic mass is 10.0. The standard InChI is InChI=1S/C41H47N11O12/c1-20(51(2)37(59)26(42)13-21-6-5-7-24(53)12-21)32(36(58)45-18-30-33(55)34(56)38(64-30)52-11-10-31(54)49-41(52)63)50-35(57)28(15-23-17-43-19-46-23)47-40(62)48-29(39(60)61)14-22-16-44-27-9-4-3-8-25(22)27/h3-12,16-20,26,28-29,32-34,38,44,53,55-56H,13-15,42H2,1-2H3,(H,43,46)(H,45,58)(H,50,57)(H,60,61)(H2,47,48,62)(H,49,54,63)/b30-18-/t20-,26-,28-,29-,32-,33+,34+,38+/m0/s1. The number of aliphatic hydroxyl groups is 2. The number of aromatic nitrogens is 5. The Morgan fingerprint density at radius 3 is 2.42 bits per heavy atom. The summed E-state index contributed by atoms with van der Waals surface area (Å²) in [7, 11) is 1.33. The molecule has 338 valence electrons. The molecular weight excluding hydrogens is 839 g/mol. The Labute approximate surface area is 362 Å². The smallest absolute Gasteiger partial charge is 0.331 e. The number of imidazole rings is 1. The van der Waals surface area contributed by atoms with Crippen LogP contribution in [0, 0.1) is 0 Å². The number of nitrogens with zero attached hydrogens (tertiary/aromatic N) is 3. The monoisotopic (exact) mass is 885 g/mol. The fourth-order valence-corrected chi connectivity index (χ4v) is 7.08. The van der Waals surface area contributed by atoms with E-state index in [9.17, 15) is 54.0 Å². The minimum Gasteiger partial charge on any atom is -0.508 e. The Kier molecular flexibility index (Phi) is 14.3. The van der Waals surface area contributed by atoms with Gasteiger partial charge in [0.2, 0.25) is 23.9 Å². The van der Waals surface area contributed by atoms with Crippen molar-refractivity contribution in [2.24, 2.45) is 5.73 Å². The summed E-state index contributed by atoms with van der Waals surface area (Å²) in [5.74, 6) is -4.47. The number of nitrogens with two attached hydrogens (primary N) is 1. The molecule has 0 aliphatic carbocycles. The first kappa shape index (κ1) is 45.8. The number of carbonyl (C=O) groups excluding carboxylic acids is 4. The normalized spacial score (nSPS) is 18.8. The second-order valence-corrected chi connectivity index (χ2v) is 15.1. The summed E-state index contributed by atoms with van der Waals surface area (Å²) in [5, 5.41) is 52.0. The molecule has 23 heteroatoms. The van der Waals surface area contributed by atoms with Crippen LogP contribution in [0.3, 0.4) is 0 Å². The lowest BCUT2D eigenvalue weighted by Gasteiger charge is -2.34. The molecule has 0 bridgehead atoms. The van der Waals surface area contributed by atoms with Gasteiger partial charge in [0.15, 0.2) is 0 Å². The number of fused-ring (bicyclic) bond motifs is 1. The summed E-state index contributed by atoms with van der Waals surface area (Å²) in [6.45, 7) is 1.42. The molecule has 0 radical (unpaired) electrons. The minimum atomic E-state index is -1.79. The number of benzene rings is 2. The molecule has 0 spiro atoms. The summed E-state index contributed by atoms with van der Waals surface area (Å²) in [6, 6.07) is 6.25. The summed E-state index contributed by atoms with van der Waals surface area (Å²) in [6.07, 6.45) is 0.810. The number of ether oxygens (including phenoxy) is 1. The third-order valence-corrected chi connectivity index (χ3v) is 10.7. The number of hydrogen-bond acceptors (Lipinski definition) is 13. The van der Waals surface area contributed by atoms with Crippen molar-refractivity contribution in [1.82, 2.24) is 50.7 Å². The number of phenols is 1. The summed E-state index contributed by atoms with van der Waals surface area (Å²) < 4.78 is 6.40. The average Bonchev–Trinajstić information content (AvgIpc) is 4.00. The topological polar surface area (TPSA) is 352 Å². The summed E-state index contributed by atoms with van der Waals surface area (Å²) in [4.78, 5) is 105. The quantitative estimate of drug-likeness (QED) is 0.0489. The first-order chi connectivity index (χ1) is 30.5. The van der Waals surface area contributed by atoms with E-state index in [0.717, 1.165) is 38.8 Å². The number of aromatic hydroxyl groups is 1. The first-order valence-corrected chi connectivity index (χ1v) is 19.8. The molecule has 4 heterocycles. The number of urea groups is 1. The number of carboxylic acid groups (broad SMARTS) is 1. The number of aliphatic carboxylic acids is 1. The van der Waals surface area contributed by atoms with Crippen LogP contribution in [0.15, 0.2) is 101 Å². The first-order valence-electron chi connectivity index (χ1n) is 19.8. The van der Waals surface area contributed by atoms with Gasteiger partial charge in [0.05, 0.1) is 18.4 Å². The number of amides is 5. The van der Waals surface area contributed by atoms with E-state index < -0.39 is 95.4 Å². The zero-order valence-corrected chi connectivity index (χ0v) is 34.3. The molecule has 5 amide bonds. The highest BCUT2D eigenvalue weighted by atomic mass is 16.6. The van der Waals surface area contributed by atoms with Gasteiger partial charge in [-0.1, -0.05) is 30.3 Å². The number of carboxylic acids is 1. The summed E-state index contributed by atoms with van der Waals surface area (Å²) >= 11 is 0. The van der Waals surface area contributed by atoms with Crippen molar-refractivity contribution >= 4 is 40.6 Å². The number of phenolic OH excluding ortho intramolecular Hbond substituents is 1. The van der Waals surface area contributed by atoms with Crippen molar-refractivity contribution in [3.8, 4) is 5.75 Å². The second kappa shape index (κ2) is 20.0. The van der Waals surface area contributed by atoms with Crippen LogP contribution in [0.4, 0.5) is 4.79 Å². The van der Waals surface area contributed by atoms with E-state index in [1.807, 2.05) is 11.1 Å². The van der Waals surface area contributed by atoms with E-state index in [1.54, 1.807) is 36.5 Å². The predicted molar refractivity (Wildman–Crippen MR) is 225 cm³/mol. The number of likely N-dealkylation sites (N-methyl/N-ethyl adjacent to an activating group) is 1. The van der Waals surface area contributed by atoms with Gasteiger partial charge >= 0.3 is 17.7 Å². The fourth-order valence-electron chi connectivity index (χ4n) is 7.08. The van der Waals surface area contributed by atoms with E-state index in [1.165, 1.54) is 38.6 Å². The van der Waals surface area contributed by atoms with Crippen molar-refractivity contribution in [3.05, 3.63) is 129 Å². The third-order valence-electron chi connectivity index (χ3n) is 10.7. The van der Waals surface area contributed by atoms with Gasteiger partial charge in [-0.3, -0.25) is 28.7 Å². The van der Waals surface area contributed by atoms with E-state index in [4.69, 9.17) is 10.5 Å². The highest BCUT2D eigenvalue weighted by Gasteiger charge is 2.42. The highest BCUT2D eigenvalue weighted by molar-refractivity contribution is 5.94. The molecule has 23 nitrogen and oxygen atoms in total. The molecule has 8 atom stereocenters. The molecule has 0 saturated carbocycles. The van der Waals surface area contributed by atoms with Crippen LogP contribution < -0.4 is 38.2 Å². The highest BCUT2D eigenvalue weighted by Crippen LogP contribution is 2.30. The summed E-state index contributed by atoms with van der Waals surface area (Å²) in [5.41, 5.74) is 6.87. The molecule has 6 rings (SSSR count). The Morgan fingerprint density at radius 2 is 1.72 bits per heavy atom. The maximum atomic E-state index is 14.2. The van der Waals surface area contributed by atoms with Crippen LogP contribution in [0.5, 0.6) is 5.75 Å². The number of para-hydroxylation sites is 1. The van der Waals surface area contributed by atoms with Gasteiger partial charge < -0.3 is 67.0 Å². The van der Waals surface area contributed by atoms with Crippen molar-refractivity contribution in [3.63, 3.8) is 0 Å². The third kappa shape index (κ3) is 10.8. The molecule has 1 aliphatic rings. The zero-order chi connectivity index (χ0) is 46.2. The molecular formula is C41H47N11O12. The number of aliphatic hydroxyl groups excluding tert-OH is 2. The van der Waals surface area contributed by atoms with Gasteiger partial charge in [0.1, 0.15) is 41.8 Å². The number of H-pyrrole nitrogens is 3. The number of nitrogens with one attached hydrogen (secondary N) is 7. The predicted octanol–water partition coefficient (Wildman–Crippen LogP) is -1.84. The van der Waals surface area contributed by atoms with Crippen LogP contribution >= 0.6 is 0 Å². The van der Waals surface area contributed by atoms with Gasteiger partial charge in [0.25, 0.3) is 5.56 Å². The van der Waals surface area contributed by atoms with Crippen molar-refractivity contribution in [2.45, 2.75) is 74.8 Å². The van der Waals surface area contributed by atoms with Gasteiger partial charge in [-0.2, -0.15) is 0 Å². The average molecular weight is 886 g/mol. The molecule has 1 fully saturated rings. The van der Waals surface area contributed by atoms with Crippen molar-refractivity contribution in [2.75, 3.05) is 7.05 Å². The van der Waals surface area contributed by atoms with Crippen molar-refractivity contribution < 1.29 is 49.1 Å². The van der Waals surface area contributed by atoms with Gasteiger partial charge in [-0.05, 0) is 42.7 Å². The van der Waals surface area contributed by atoms with Gasteiger partial charge in [0, 0.05) is 67.3 Å². The molecule has 13 N–H and O–H groups in total. The fraction of sp³-hybridized carbons (Fsp3) is 0.317. The van der Waals surface area contributed by atoms with Crippen LogP contribution in [0.2, 0.25) is 0 Å². The van der Waals surface area contributed by atoms with Crippen LogP contribution in [-0.2, 0) is 43.2 Å². The van der Waals surface area contributed by atoms with E-state index in [0.29, 0.717) is 16.8 Å². The number of aromatic amines is 3. The molecule has 64 heavy (non-hydrogen) atoms. The molecule has 0 unspecified atom stereocenters. The van der Waals surface area contributed by atoms with Crippen LogP contribution in [0.25, 0.3) is 10.9 Å². The van der Waals surface area contributed by atoms with E-state index >= 15 is 0 Å². The lowest BCUT2D eigenvalue weighted by molar-refractivity contribution is -0.139.